The molecule has 1 nitrogen and oxygen atoms in total. The Morgan fingerprint density at radius 2 is 2.15 bits per heavy atom. The van der Waals surface area contributed by atoms with Crippen LogP contribution in [0.4, 0.5) is 0 Å². The van der Waals surface area contributed by atoms with Crippen molar-refractivity contribution in [3.8, 4) is 0 Å². The van der Waals surface area contributed by atoms with E-state index in [-0.39, 0.29) is 0 Å². The lowest BCUT2D eigenvalue weighted by atomic mass is 9.96. The molecule has 0 spiro atoms. The normalized spacial score (nSPS) is 12.9. The number of hydrogen-bond donors (Lipinski definition) is 1. The van der Waals surface area contributed by atoms with Crippen LogP contribution in [0.15, 0.2) is 22.7 Å². The van der Waals surface area contributed by atoms with Crippen LogP contribution in [0.3, 0.4) is 0 Å². The zero-order valence-electron chi connectivity index (χ0n) is 8.18. The fourth-order valence-electron chi connectivity index (χ4n) is 1.45. The lowest BCUT2D eigenvalue weighted by molar-refractivity contribution is 0.687. The van der Waals surface area contributed by atoms with E-state index in [1.54, 1.807) is 0 Å². The van der Waals surface area contributed by atoms with Gasteiger partial charge >= 0.3 is 0 Å². The molecule has 1 unspecified atom stereocenters. The van der Waals surface area contributed by atoms with Gasteiger partial charge in [-0.05, 0) is 37.4 Å². The molecule has 2 N–H and O–H groups in total. The molecule has 0 heterocycles. The van der Waals surface area contributed by atoms with Crippen LogP contribution >= 0.6 is 15.9 Å². The van der Waals surface area contributed by atoms with Crippen LogP contribution in [0, 0.1) is 6.92 Å². The molecule has 0 radical (unpaired) electrons. The average Bonchev–Trinajstić information content (AvgIpc) is 2.09. The molecule has 13 heavy (non-hydrogen) atoms. The number of halogens is 1. The Bertz CT molecular complexity index is 283. The van der Waals surface area contributed by atoms with Crippen molar-refractivity contribution in [3.63, 3.8) is 0 Å². The molecule has 1 aromatic rings. The summed E-state index contributed by atoms with van der Waals surface area (Å²) in [6, 6.07) is 6.45. The molecule has 1 rings (SSSR count). The first-order valence-corrected chi connectivity index (χ1v) is 5.40. The van der Waals surface area contributed by atoms with Crippen LogP contribution in [0.2, 0.25) is 0 Å². The van der Waals surface area contributed by atoms with E-state index < -0.39 is 0 Å². The first-order chi connectivity index (χ1) is 6.15. The average molecular weight is 242 g/mol. The molecule has 0 saturated carbocycles. The highest BCUT2D eigenvalue weighted by Gasteiger charge is 2.08. The zero-order chi connectivity index (χ0) is 9.84. The first-order valence-electron chi connectivity index (χ1n) is 4.61. The van der Waals surface area contributed by atoms with E-state index in [1.165, 1.54) is 15.6 Å². The highest BCUT2D eigenvalue weighted by molar-refractivity contribution is 9.10. The molecule has 1 aromatic carbocycles. The van der Waals surface area contributed by atoms with Crippen molar-refractivity contribution in [2.75, 3.05) is 6.54 Å². The van der Waals surface area contributed by atoms with Crippen LogP contribution in [0.5, 0.6) is 0 Å². The summed E-state index contributed by atoms with van der Waals surface area (Å²) in [5, 5.41) is 0. The van der Waals surface area contributed by atoms with Crippen LogP contribution in [-0.4, -0.2) is 6.54 Å². The summed E-state index contributed by atoms with van der Waals surface area (Å²) in [6.45, 7) is 5.08. The second kappa shape index (κ2) is 4.77. The number of rotatable bonds is 3. The third-order valence-electron chi connectivity index (χ3n) is 2.28. The van der Waals surface area contributed by atoms with Crippen molar-refractivity contribution in [2.45, 2.75) is 26.2 Å². The quantitative estimate of drug-likeness (QED) is 0.865. The minimum atomic E-state index is 0.541. The largest absolute Gasteiger partial charge is 0.330 e. The predicted octanol–water partition coefficient (Wildman–Crippen LogP) is 3.21. The highest BCUT2D eigenvalue weighted by atomic mass is 79.9. The van der Waals surface area contributed by atoms with Crippen LogP contribution in [0.1, 0.15) is 30.4 Å². The maximum atomic E-state index is 5.54. The molecular formula is C11H16BrN. The van der Waals surface area contributed by atoms with Crippen molar-refractivity contribution in [3.05, 3.63) is 33.8 Å². The molecule has 0 aliphatic rings. The van der Waals surface area contributed by atoms with Crippen molar-refractivity contribution in [1.29, 1.82) is 0 Å². The zero-order valence-corrected chi connectivity index (χ0v) is 9.76. The second-order valence-electron chi connectivity index (χ2n) is 3.50. The summed E-state index contributed by atoms with van der Waals surface area (Å²) in [4.78, 5) is 0. The van der Waals surface area contributed by atoms with E-state index in [9.17, 15) is 0 Å². The monoisotopic (exact) mass is 241 g/mol. The van der Waals surface area contributed by atoms with E-state index in [0.717, 1.165) is 13.0 Å². The predicted molar refractivity (Wildman–Crippen MR) is 61.0 cm³/mol. The Hall–Kier alpha value is -0.340. The van der Waals surface area contributed by atoms with Gasteiger partial charge in [-0.1, -0.05) is 40.5 Å². The molecule has 0 aromatic heterocycles. The summed E-state index contributed by atoms with van der Waals surface area (Å²) >= 11 is 3.56. The van der Waals surface area contributed by atoms with Gasteiger partial charge in [0.25, 0.3) is 0 Å². The summed E-state index contributed by atoms with van der Waals surface area (Å²) in [6.07, 6.45) is 1.04. The van der Waals surface area contributed by atoms with Crippen molar-refractivity contribution in [1.82, 2.24) is 0 Å². The van der Waals surface area contributed by atoms with Gasteiger partial charge in [-0.15, -0.1) is 0 Å². The number of nitrogens with two attached hydrogens (primary N) is 1. The van der Waals surface area contributed by atoms with E-state index >= 15 is 0 Å². The van der Waals surface area contributed by atoms with Crippen molar-refractivity contribution < 1.29 is 0 Å². The van der Waals surface area contributed by atoms with Gasteiger partial charge in [-0.2, -0.15) is 0 Å². The smallest absolute Gasteiger partial charge is 0.0210 e. The standard InChI is InChI=1S/C11H16BrN/c1-8-3-4-11(12)10(7-8)9(2)5-6-13/h3-4,7,9H,5-6,13H2,1-2H3. The molecule has 0 aliphatic carbocycles. The maximum absolute atomic E-state index is 5.54. The van der Waals surface area contributed by atoms with E-state index in [0.29, 0.717) is 5.92 Å². The van der Waals surface area contributed by atoms with Gasteiger partial charge < -0.3 is 5.73 Å². The number of aryl methyl sites for hydroxylation is 1. The van der Waals surface area contributed by atoms with Gasteiger partial charge in [0.05, 0.1) is 0 Å². The molecule has 72 valence electrons. The Kier molecular flexibility index (Phi) is 3.94. The van der Waals surface area contributed by atoms with Crippen LogP contribution in [0.25, 0.3) is 0 Å². The lowest BCUT2D eigenvalue weighted by Crippen LogP contribution is -2.05. The molecule has 0 fully saturated rings. The van der Waals surface area contributed by atoms with E-state index in [4.69, 9.17) is 5.73 Å². The molecule has 2 heteroatoms. The Morgan fingerprint density at radius 3 is 2.77 bits per heavy atom. The highest BCUT2D eigenvalue weighted by Crippen LogP contribution is 2.27. The van der Waals surface area contributed by atoms with Gasteiger partial charge in [0.15, 0.2) is 0 Å². The number of benzene rings is 1. The molecule has 0 bridgehead atoms. The summed E-state index contributed by atoms with van der Waals surface area (Å²) in [7, 11) is 0. The second-order valence-corrected chi connectivity index (χ2v) is 4.36. The SMILES string of the molecule is Cc1ccc(Br)c(C(C)CCN)c1. The van der Waals surface area contributed by atoms with Gasteiger partial charge in [0.1, 0.15) is 0 Å². The molecule has 1 atom stereocenters. The fourth-order valence-corrected chi connectivity index (χ4v) is 2.08. The van der Waals surface area contributed by atoms with Crippen LogP contribution < -0.4 is 5.73 Å². The Balaban J connectivity index is 2.91. The van der Waals surface area contributed by atoms with E-state index in [1.807, 2.05) is 0 Å². The lowest BCUT2D eigenvalue weighted by Gasteiger charge is -2.13. The molecule has 0 saturated heterocycles. The van der Waals surface area contributed by atoms with Gasteiger partial charge in [0, 0.05) is 4.47 Å². The molecule has 0 amide bonds. The fraction of sp³-hybridized carbons (Fsp3) is 0.455. The van der Waals surface area contributed by atoms with Crippen LogP contribution in [-0.2, 0) is 0 Å². The van der Waals surface area contributed by atoms with Crippen molar-refractivity contribution >= 4 is 15.9 Å². The third kappa shape index (κ3) is 2.82. The summed E-state index contributed by atoms with van der Waals surface area (Å²) in [5.74, 6) is 0.541. The van der Waals surface area contributed by atoms with Crippen molar-refractivity contribution in [2.24, 2.45) is 5.73 Å². The Morgan fingerprint density at radius 1 is 1.46 bits per heavy atom. The minimum absolute atomic E-state index is 0.541. The molecular weight excluding hydrogens is 226 g/mol. The summed E-state index contributed by atoms with van der Waals surface area (Å²) < 4.78 is 1.19. The minimum Gasteiger partial charge on any atom is -0.330 e. The van der Waals surface area contributed by atoms with Gasteiger partial charge in [-0.25, -0.2) is 0 Å². The first kappa shape index (κ1) is 10.7. The third-order valence-corrected chi connectivity index (χ3v) is 3.00. The maximum Gasteiger partial charge on any atom is 0.0210 e. The number of hydrogen-bond acceptors (Lipinski definition) is 1. The van der Waals surface area contributed by atoms with Gasteiger partial charge in [-0.3, -0.25) is 0 Å². The Labute approximate surface area is 88.5 Å². The van der Waals surface area contributed by atoms with E-state index in [2.05, 4.69) is 48.0 Å². The van der Waals surface area contributed by atoms with Gasteiger partial charge in [0.2, 0.25) is 0 Å². The summed E-state index contributed by atoms with van der Waals surface area (Å²) in [5.41, 5.74) is 8.21. The molecule has 0 aliphatic heterocycles. The topological polar surface area (TPSA) is 26.0 Å².